The summed E-state index contributed by atoms with van der Waals surface area (Å²) in [6.07, 6.45) is 7.48. The van der Waals surface area contributed by atoms with Crippen LogP contribution >= 0.6 is 0 Å². The van der Waals surface area contributed by atoms with E-state index in [1.54, 1.807) is 0 Å². The molecule has 2 aliphatic rings. The SMILES string of the molecule is C=C1CCC2(CC1)CCN(c1cc(-c3ccc(C)cc3)n(-c3ccc(C#N)cc3)n1)CC2. The molecule has 1 aliphatic carbocycles. The highest BCUT2D eigenvalue weighted by Gasteiger charge is 2.37. The second-order valence-corrected chi connectivity index (χ2v) is 9.56. The highest BCUT2D eigenvalue weighted by molar-refractivity contribution is 5.67. The molecule has 2 heterocycles. The van der Waals surface area contributed by atoms with Gasteiger partial charge in [-0.1, -0.05) is 42.0 Å². The molecule has 0 radical (unpaired) electrons. The predicted octanol–water partition coefficient (Wildman–Crippen LogP) is 6.44. The molecule has 0 unspecified atom stereocenters. The number of aromatic nitrogens is 2. The summed E-state index contributed by atoms with van der Waals surface area (Å²) in [7, 11) is 0. The van der Waals surface area contributed by atoms with Crippen molar-refractivity contribution in [2.24, 2.45) is 5.41 Å². The average Bonchev–Trinajstić information content (AvgIpc) is 3.27. The second-order valence-electron chi connectivity index (χ2n) is 9.56. The van der Waals surface area contributed by atoms with Crippen molar-refractivity contribution in [3.63, 3.8) is 0 Å². The Morgan fingerprint density at radius 3 is 2.22 bits per heavy atom. The Morgan fingerprint density at radius 1 is 0.938 bits per heavy atom. The molecule has 0 N–H and O–H groups in total. The van der Waals surface area contributed by atoms with Crippen LogP contribution in [-0.4, -0.2) is 22.9 Å². The van der Waals surface area contributed by atoms with Crippen LogP contribution in [0.2, 0.25) is 0 Å². The monoisotopic (exact) mass is 422 g/mol. The lowest BCUT2D eigenvalue weighted by molar-refractivity contribution is 0.164. The van der Waals surface area contributed by atoms with E-state index >= 15 is 0 Å². The number of hydrogen-bond donors (Lipinski definition) is 0. The molecule has 3 aromatic rings. The number of allylic oxidation sites excluding steroid dienone is 1. The molecule has 1 saturated heterocycles. The van der Waals surface area contributed by atoms with Crippen molar-refractivity contribution >= 4 is 5.82 Å². The van der Waals surface area contributed by atoms with Gasteiger partial charge in [0.15, 0.2) is 5.82 Å². The first-order valence-corrected chi connectivity index (χ1v) is 11.6. The molecule has 5 rings (SSSR count). The fourth-order valence-electron chi connectivity index (χ4n) is 5.17. The number of aryl methyl sites for hydroxylation is 1. The van der Waals surface area contributed by atoms with Crippen LogP contribution < -0.4 is 4.90 Å². The van der Waals surface area contributed by atoms with Crippen molar-refractivity contribution < 1.29 is 0 Å². The van der Waals surface area contributed by atoms with Gasteiger partial charge < -0.3 is 4.90 Å². The van der Waals surface area contributed by atoms with Gasteiger partial charge in [-0.25, -0.2) is 4.68 Å². The number of nitrogens with zero attached hydrogens (tertiary/aromatic N) is 4. The number of anilines is 1. The summed E-state index contributed by atoms with van der Waals surface area (Å²) < 4.78 is 2.02. The number of rotatable bonds is 3. The van der Waals surface area contributed by atoms with Crippen molar-refractivity contribution in [3.8, 4) is 23.0 Å². The maximum Gasteiger partial charge on any atom is 0.151 e. The van der Waals surface area contributed by atoms with Crippen molar-refractivity contribution in [2.75, 3.05) is 18.0 Å². The van der Waals surface area contributed by atoms with Gasteiger partial charge in [0.1, 0.15) is 0 Å². The summed E-state index contributed by atoms with van der Waals surface area (Å²) in [4.78, 5) is 2.45. The van der Waals surface area contributed by atoms with E-state index in [4.69, 9.17) is 10.4 Å². The average molecular weight is 423 g/mol. The topological polar surface area (TPSA) is 44.9 Å². The van der Waals surface area contributed by atoms with Crippen LogP contribution in [0.3, 0.4) is 0 Å². The fraction of sp³-hybridized carbons (Fsp3) is 0.357. The molecule has 4 nitrogen and oxygen atoms in total. The molecule has 0 atom stereocenters. The van der Waals surface area contributed by atoms with E-state index in [0.717, 1.165) is 35.9 Å². The maximum absolute atomic E-state index is 9.17. The number of nitriles is 1. The summed E-state index contributed by atoms with van der Waals surface area (Å²) in [5, 5.41) is 14.2. The second kappa shape index (κ2) is 8.31. The van der Waals surface area contributed by atoms with Crippen molar-refractivity contribution in [2.45, 2.75) is 45.4 Å². The zero-order chi connectivity index (χ0) is 22.1. The normalized spacial score (nSPS) is 18.0. The smallest absolute Gasteiger partial charge is 0.151 e. The van der Waals surface area contributed by atoms with Crippen LogP contribution in [0.25, 0.3) is 16.9 Å². The lowest BCUT2D eigenvalue weighted by Crippen LogP contribution is -2.41. The summed E-state index contributed by atoms with van der Waals surface area (Å²) in [5.41, 5.74) is 7.06. The number of piperidine rings is 1. The number of benzene rings is 2. The Bertz CT molecular complexity index is 1140. The van der Waals surface area contributed by atoms with E-state index in [2.05, 4.69) is 54.8 Å². The minimum absolute atomic E-state index is 0.507. The predicted molar refractivity (Wildman–Crippen MR) is 130 cm³/mol. The van der Waals surface area contributed by atoms with Crippen LogP contribution in [0.15, 0.2) is 66.7 Å². The van der Waals surface area contributed by atoms with Crippen molar-refractivity contribution in [1.82, 2.24) is 9.78 Å². The van der Waals surface area contributed by atoms with Crippen LogP contribution in [0, 0.1) is 23.7 Å². The van der Waals surface area contributed by atoms with Gasteiger partial charge in [-0.2, -0.15) is 5.26 Å². The Labute approximate surface area is 190 Å². The zero-order valence-electron chi connectivity index (χ0n) is 18.8. The Morgan fingerprint density at radius 2 is 1.59 bits per heavy atom. The summed E-state index contributed by atoms with van der Waals surface area (Å²) in [6.45, 7) is 8.43. The van der Waals surface area contributed by atoms with E-state index in [1.807, 2.05) is 28.9 Å². The van der Waals surface area contributed by atoms with Crippen LogP contribution in [0.5, 0.6) is 0 Å². The standard InChI is InChI=1S/C28H30N4/c1-21-3-7-24(8-4-21)26-19-27(30-32(26)25-9-5-23(20-29)6-10-25)31-17-15-28(16-18-31)13-11-22(2)12-14-28/h3-10,19H,2,11-18H2,1H3. The summed E-state index contributed by atoms with van der Waals surface area (Å²) in [6, 6.07) is 20.7. The Balaban J connectivity index is 1.45. The number of hydrogen-bond acceptors (Lipinski definition) is 3. The first-order valence-electron chi connectivity index (χ1n) is 11.6. The minimum atomic E-state index is 0.507. The molecule has 4 heteroatoms. The van der Waals surface area contributed by atoms with Crippen LogP contribution in [-0.2, 0) is 0 Å². The molecule has 1 spiro atoms. The van der Waals surface area contributed by atoms with Gasteiger partial charge in [-0.05, 0) is 75.1 Å². The molecular weight excluding hydrogens is 392 g/mol. The first kappa shape index (κ1) is 20.6. The molecule has 2 fully saturated rings. The fourth-order valence-corrected chi connectivity index (χ4v) is 5.17. The Kier molecular flexibility index (Phi) is 5.35. The summed E-state index contributed by atoms with van der Waals surface area (Å²) >= 11 is 0. The van der Waals surface area contributed by atoms with E-state index < -0.39 is 0 Å². The highest BCUT2D eigenvalue weighted by Crippen LogP contribution is 2.46. The third-order valence-corrected chi connectivity index (χ3v) is 7.45. The quantitative estimate of drug-likeness (QED) is 0.457. The molecule has 2 aromatic carbocycles. The van der Waals surface area contributed by atoms with Crippen molar-refractivity contribution in [1.29, 1.82) is 5.26 Å². The first-order chi connectivity index (χ1) is 15.5. The molecule has 0 bridgehead atoms. The van der Waals surface area contributed by atoms with Gasteiger partial charge in [0.2, 0.25) is 0 Å². The highest BCUT2D eigenvalue weighted by atomic mass is 15.4. The largest absolute Gasteiger partial charge is 0.355 e. The van der Waals surface area contributed by atoms with E-state index in [1.165, 1.54) is 49.7 Å². The lowest BCUT2D eigenvalue weighted by atomic mass is 9.67. The van der Waals surface area contributed by atoms with Crippen LogP contribution in [0.1, 0.15) is 49.7 Å². The van der Waals surface area contributed by atoms with Crippen molar-refractivity contribution in [3.05, 3.63) is 77.9 Å². The van der Waals surface area contributed by atoms with E-state index in [9.17, 15) is 0 Å². The van der Waals surface area contributed by atoms with Gasteiger partial charge in [-0.3, -0.25) is 0 Å². The van der Waals surface area contributed by atoms with Gasteiger partial charge in [-0.15, -0.1) is 5.10 Å². The molecular formula is C28H30N4. The molecule has 1 aliphatic heterocycles. The van der Waals surface area contributed by atoms with Gasteiger partial charge in [0, 0.05) is 24.7 Å². The van der Waals surface area contributed by atoms with E-state index in [-0.39, 0.29) is 0 Å². The third-order valence-electron chi connectivity index (χ3n) is 7.45. The third kappa shape index (κ3) is 3.96. The molecule has 162 valence electrons. The summed E-state index contributed by atoms with van der Waals surface area (Å²) in [5.74, 6) is 1.04. The van der Waals surface area contributed by atoms with E-state index in [0.29, 0.717) is 11.0 Å². The lowest BCUT2D eigenvalue weighted by Gasteiger charge is -2.44. The zero-order valence-corrected chi connectivity index (χ0v) is 18.8. The Hall–Kier alpha value is -3.32. The van der Waals surface area contributed by atoms with Gasteiger partial charge in [0.25, 0.3) is 0 Å². The molecule has 1 saturated carbocycles. The molecule has 32 heavy (non-hydrogen) atoms. The minimum Gasteiger partial charge on any atom is -0.355 e. The molecule has 0 amide bonds. The van der Waals surface area contributed by atoms with Gasteiger partial charge in [0.05, 0.1) is 23.0 Å². The van der Waals surface area contributed by atoms with Gasteiger partial charge >= 0.3 is 0 Å². The molecule has 1 aromatic heterocycles. The van der Waals surface area contributed by atoms with Crippen LogP contribution in [0.4, 0.5) is 5.82 Å². The maximum atomic E-state index is 9.17.